The van der Waals surface area contributed by atoms with Gasteiger partial charge in [-0.15, -0.1) is 0 Å². The molecular formula is C11H30N5O2P. The normalized spacial score (nSPS) is 11.4. The summed E-state index contributed by atoms with van der Waals surface area (Å²) in [5.41, 5.74) is 0. The molecule has 0 N–H and O–H groups in total. The molecule has 0 bridgehead atoms. The monoisotopic (exact) mass is 295 g/mol. The van der Waals surface area contributed by atoms with Crippen LogP contribution in [0.15, 0.2) is 0 Å². The molecule has 7 nitrogen and oxygen atoms in total. The van der Waals surface area contributed by atoms with Crippen LogP contribution in [-0.4, -0.2) is 100 Å². The molecule has 0 rings (SSSR count). The molecule has 0 radical (unpaired) electrons. The third-order valence-electron chi connectivity index (χ3n) is 2.33. The van der Waals surface area contributed by atoms with Crippen LogP contribution < -0.4 is 0 Å². The average Bonchev–Trinajstić information content (AvgIpc) is 2.26. The van der Waals surface area contributed by atoms with Crippen LogP contribution in [0.2, 0.25) is 0 Å². The van der Waals surface area contributed by atoms with Crippen LogP contribution in [0.1, 0.15) is 0 Å². The van der Waals surface area contributed by atoms with Crippen molar-refractivity contribution in [2.45, 2.75) is 0 Å². The SMILES string of the molecule is CN(C)C(=O)N(C)C.CN(C)P(=O)(N(C)C)N(C)C. The average molecular weight is 295 g/mol. The summed E-state index contributed by atoms with van der Waals surface area (Å²) in [6, 6.07) is 0.0185. The Kier molecular flexibility index (Phi) is 9.29. The molecule has 0 aromatic carbocycles. The van der Waals surface area contributed by atoms with Crippen LogP contribution in [0.5, 0.6) is 0 Å². The molecule has 0 unspecified atom stereocenters. The number of amides is 2. The van der Waals surface area contributed by atoms with Gasteiger partial charge in [0.2, 0.25) is 0 Å². The second-order valence-electron chi connectivity index (χ2n) is 5.13. The molecule has 0 aromatic heterocycles. The summed E-state index contributed by atoms with van der Waals surface area (Å²) in [6.45, 7) is 0. The summed E-state index contributed by atoms with van der Waals surface area (Å²) in [5, 5.41) is 0. The maximum atomic E-state index is 12.1. The minimum absolute atomic E-state index is 0.0185. The predicted octanol–water partition coefficient (Wildman–Crippen LogP) is 1.01. The van der Waals surface area contributed by atoms with E-state index in [2.05, 4.69) is 0 Å². The summed E-state index contributed by atoms with van der Waals surface area (Å²) in [4.78, 5) is 13.8. The van der Waals surface area contributed by atoms with Crippen molar-refractivity contribution in [3.05, 3.63) is 0 Å². The molecule has 19 heavy (non-hydrogen) atoms. The highest BCUT2D eigenvalue weighted by molar-refractivity contribution is 7.56. The first-order chi connectivity index (χ1) is 8.38. The summed E-state index contributed by atoms with van der Waals surface area (Å²) in [6.07, 6.45) is 0. The van der Waals surface area contributed by atoms with Gasteiger partial charge in [-0.2, -0.15) is 0 Å². The van der Waals surface area contributed by atoms with Crippen LogP contribution in [0.4, 0.5) is 4.79 Å². The third-order valence-corrected chi connectivity index (χ3v) is 5.45. The van der Waals surface area contributed by atoms with Crippen molar-refractivity contribution >= 4 is 13.6 Å². The third kappa shape index (κ3) is 6.38. The van der Waals surface area contributed by atoms with Crippen LogP contribution in [0.3, 0.4) is 0 Å². The Bertz CT molecular complexity index is 278. The Balaban J connectivity index is 0. The number of carbonyl (C=O) groups is 1. The van der Waals surface area contributed by atoms with E-state index in [-0.39, 0.29) is 6.03 Å². The van der Waals surface area contributed by atoms with Crippen molar-refractivity contribution in [2.24, 2.45) is 0 Å². The van der Waals surface area contributed by atoms with E-state index in [4.69, 9.17) is 0 Å². The van der Waals surface area contributed by atoms with Crippen LogP contribution in [-0.2, 0) is 4.57 Å². The van der Waals surface area contributed by atoms with E-state index in [9.17, 15) is 9.36 Å². The van der Waals surface area contributed by atoms with E-state index in [1.54, 1.807) is 42.2 Å². The molecule has 8 heteroatoms. The lowest BCUT2D eigenvalue weighted by atomic mass is 10.7. The highest BCUT2D eigenvalue weighted by atomic mass is 31.2. The van der Waals surface area contributed by atoms with Gasteiger partial charge in [-0.05, 0) is 42.3 Å². The van der Waals surface area contributed by atoms with E-state index in [1.165, 1.54) is 9.80 Å². The minimum Gasteiger partial charge on any atom is -0.331 e. The number of hydrogen-bond donors (Lipinski definition) is 0. The Morgan fingerprint density at radius 3 is 0.842 bits per heavy atom. The van der Waals surface area contributed by atoms with Crippen LogP contribution in [0.25, 0.3) is 0 Å². The lowest BCUT2D eigenvalue weighted by Crippen LogP contribution is -2.33. The number of carbonyl (C=O) groups excluding carboxylic acids is 1. The number of rotatable bonds is 3. The largest absolute Gasteiger partial charge is 0.331 e. The van der Waals surface area contributed by atoms with Crippen molar-refractivity contribution in [3.8, 4) is 0 Å². The van der Waals surface area contributed by atoms with Crippen molar-refractivity contribution in [1.29, 1.82) is 0 Å². The van der Waals surface area contributed by atoms with Gasteiger partial charge < -0.3 is 9.80 Å². The zero-order valence-electron chi connectivity index (χ0n) is 14.0. The molecule has 2 amide bonds. The second-order valence-corrected chi connectivity index (χ2v) is 8.55. The first-order valence-electron chi connectivity index (χ1n) is 5.91. The molecule has 0 atom stereocenters. The number of hydrogen-bond acceptors (Lipinski definition) is 2. The molecule has 0 saturated carbocycles. The van der Waals surface area contributed by atoms with E-state index in [0.29, 0.717) is 0 Å². The van der Waals surface area contributed by atoms with Gasteiger partial charge in [-0.3, -0.25) is 4.57 Å². The van der Waals surface area contributed by atoms with Crippen molar-refractivity contribution in [1.82, 2.24) is 23.8 Å². The Morgan fingerprint density at radius 2 is 0.842 bits per heavy atom. The Morgan fingerprint density at radius 1 is 0.632 bits per heavy atom. The van der Waals surface area contributed by atoms with E-state index < -0.39 is 7.59 Å². The highest BCUT2D eigenvalue weighted by Crippen LogP contribution is 2.50. The molecular weight excluding hydrogens is 265 g/mol. The highest BCUT2D eigenvalue weighted by Gasteiger charge is 2.30. The zero-order chi connectivity index (χ0) is 16.0. The Hall–Kier alpha value is -0.620. The topological polar surface area (TPSA) is 50.3 Å². The van der Waals surface area contributed by atoms with E-state index >= 15 is 0 Å². The lowest BCUT2D eigenvalue weighted by Gasteiger charge is -2.34. The van der Waals surface area contributed by atoms with Gasteiger partial charge in [0.25, 0.3) is 7.59 Å². The molecule has 0 fully saturated rings. The molecule has 0 aliphatic rings. The van der Waals surface area contributed by atoms with Gasteiger partial charge in [-0.1, -0.05) is 0 Å². The quantitative estimate of drug-likeness (QED) is 0.727. The molecule has 0 spiro atoms. The fourth-order valence-electron chi connectivity index (χ4n) is 1.47. The smallest absolute Gasteiger partial charge is 0.318 e. The molecule has 0 heterocycles. The second kappa shape index (κ2) is 8.53. The molecule has 0 aliphatic carbocycles. The molecule has 0 aliphatic heterocycles. The first kappa shape index (κ1) is 20.7. The maximum Gasteiger partial charge on any atom is 0.318 e. The lowest BCUT2D eigenvalue weighted by molar-refractivity contribution is 0.191. The van der Waals surface area contributed by atoms with Crippen LogP contribution in [0, 0.1) is 0 Å². The van der Waals surface area contributed by atoms with Crippen LogP contribution >= 0.6 is 7.59 Å². The van der Waals surface area contributed by atoms with Crippen molar-refractivity contribution in [2.75, 3.05) is 70.5 Å². The number of nitrogens with zero attached hydrogens (tertiary/aromatic N) is 5. The van der Waals surface area contributed by atoms with Gasteiger partial charge in [0, 0.05) is 28.2 Å². The standard InChI is InChI=1S/C6H18N3OP.C5H12N2O/c1-7(2)11(10,8(3)4)9(5)6;1-6(2)5(8)7(3)4/h1-6H3;1-4H3. The molecule has 0 aromatic rings. The predicted molar refractivity (Wildman–Crippen MR) is 81.4 cm³/mol. The van der Waals surface area contributed by atoms with Crippen molar-refractivity contribution in [3.63, 3.8) is 0 Å². The molecule has 116 valence electrons. The minimum atomic E-state index is -2.44. The van der Waals surface area contributed by atoms with Gasteiger partial charge in [0.05, 0.1) is 0 Å². The van der Waals surface area contributed by atoms with Crippen molar-refractivity contribution < 1.29 is 9.36 Å². The summed E-state index contributed by atoms with van der Waals surface area (Å²) >= 11 is 0. The van der Waals surface area contributed by atoms with Gasteiger partial charge in [-0.25, -0.2) is 18.8 Å². The van der Waals surface area contributed by atoms with Gasteiger partial charge >= 0.3 is 6.03 Å². The fraction of sp³-hybridized carbons (Fsp3) is 0.909. The zero-order valence-corrected chi connectivity index (χ0v) is 14.9. The summed E-state index contributed by atoms with van der Waals surface area (Å²) in [7, 11) is 15.4. The molecule has 0 saturated heterocycles. The Labute approximate surface area is 118 Å². The summed E-state index contributed by atoms with van der Waals surface area (Å²) in [5.74, 6) is 0. The first-order valence-corrected chi connectivity index (χ1v) is 7.47. The van der Waals surface area contributed by atoms with E-state index in [0.717, 1.165) is 0 Å². The number of urea groups is 1. The van der Waals surface area contributed by atoms with Gasteiger partial charge in [0.15, 0.2) is 0 Å². The van der Waals surface area contributed by atoms with E-state index in [1.807, 2.05) is 42.3 Å². The van der Waals surface area contributed by atoms with Gasteiger partial charge in [0.1, 0.15) is 0 Å². The summed E-state index contributed by atoms with van der Waals surface area (Å²) < 4.78 is 17.3. The maximum absolute atomic E-state index is 12.1. The fourth-order valence-corrected chi connectivity index (χ4v) is 3.62.